The first kappa shape index (κ1) is 14.2. The summed E-state index contributed by atoms with van der Waals surface area (Å²) in [5.41, 5.74) is 0. The Bertz CT molecular complexity index is 401. The Balaban J connectivity index is 1.60. The van der Waals surface area contributed by atoms with Gasteiger partial charge in [-0.05, 0) is 56.3 Å². The average molecular weight is 276 g/mol. The van der Waals surface area contributed by atoms with E-state index in [4.69, 9.17) is 4.42 Å². The standard InChI is InChI=1S/C17H28N2O/c1-14(2)11-18-9-7-17-15(12-18)5-3-8-19(17)13-16-6-4-10-20-16/h4,6,10,14-15,17H,3,5,7-9,11-13H2,1-2H3/t15-,17+/m1/s1. The summed E-state index contributed by atoms with van der Waals surface area (Å²) in [6.07, 6.45) is 5.88. The van der Waals surface area contributed by atoms with Crippen molar-refractivity contribution in [1.29, 1.82) is 0 Å². The molecule has 0 saturated carbocycles. The minimum absolute atomic E-state index is 0.775. The van der Waals surface area contributed by atoms with E-state index >= 15 is 0 Å². The molecule has 1 aromatic heterocycles. The molecule has 3 heteroatoms. The van der Waals surface area contributed by atoms with Crippen LogP contribution in [-0.4, -0.2) is 42.0 Å². The zero-order valence-electron chi connectivity index (χ0n) is 12.9. The summed E-state index contributed by atoms with van der Waals surface area (Å²) in [7, 11) is 0. The van der Waals surface area contributed by atoms with Crippen molar-refractivity contribution in [2.24, 2.45) is 11.8 Å². The van der Waals surface area contributed by atoms with E-state index in [1.165, 1.54) is 45.4 Å². The van der Waals surface area contributed by atoms with E-state index in [0.717, 1.165) is 30.2 Å². The fraction of sp³-hybridized carbons (Fsp3) is 0.765. The maximum atomic E-state index is 5.54. The maximum Gasteiger partial charge on any atom is 0.117 e. The SMILES string of the molecule is CC(C)CN1CC[C@H]2[C@H](CCCN2Cc2ccco2)C1. The Morgan fingerprint density at radius 3 is 2.95 bits per heavy atom. The molecule has 2 aliphatic heterocycles. The number of hydrogen-bond donors (Lipinski definition) is 0. The first-order chi connectivity index (χ1) is 9.72. The molecule has 1 aromatic rings. The van der Waals surface area contributed by atoms with Gasteiger partial charge < -0.3 is 9.32 Å². The second-order valence-corrected chi connectivity index (χ2v) is 6.96. The van der Waals surface area contributed by atoms with Crippen LogP contribution in [0.25, 0.3) is 0 Å². The molecule has 2 atom stereocenters. The highest BCUT2D eigenvalue weighted by molar-refractivity contribution is 5.00. The zero-order valence-corrected chi connectivity index (χ0v) is 12.9. The summed E-state index contributed by atoms with van der Waals surface area (Å²) in [6, 6.07) is 4.89. The number of furan rings is 1. The van der Waals surface area contributed by atoms with Crippen molar-refractivity contribution in [1.82, 2.24) is 9.80 Å². The summed E-state index contributed by atoms with van der Waals surface area (Å²) in [6.45, 7) is 10.7. The fourth-order valence-corrected chi connectivity index (χ4v) is 4.06. The van der Waals surface area contributed by atoms with Crippen molar-refractivity contribution in [2.45, 2.75) is 45.7 Å². The summed E-state index contributed by atoms with van der Waals surface area (Å²) >= 11 is 0. The lowest BCUT2D eigenvalue weighted by Crippen LogP contribution is -2.54. The molecule has 112 valence electrons. The molecule has 0 unspecified atom stereocenters. The summed E-state index contributed by atoms with van der Waals surface area (Å²) < 4.78 is 5.54. The predicted octanol–water partition coefficient (Wildman–Crippen LogP) is 3.22. The van der Waals surface area contributed by atoms with Crippen LogP contribution in [0, 0.1) is 11.8 Å². The van der Waals surface area contributed by atoms with E-state index in [-0.39, 0.29) is 0 Å². The molecule has 0 aliphatic carbocycles. The average Bonchev–Trinajstić information content (AvgIpc) is 2.91. The third-order valence-electron chi connectivity index (χ3n) is 4.83. The highest BCUT2D eigenvalue weighted by atomic mass is 16.3. The van der Waals surface area contributed by atoms with Crippen molar-refractivity contribution in [3.05, 3.63) is 24.2 Å². The van der Waals surface area contributed by atoms with Crippen molar-refractivity contribution < 1.29 is 4.42 Å². The zero-order chi connectivity index (χ0) is 13.9. The smallest absolute Gasteiger partial charge is 0.117 e. The lowest BCUT2D eigenvalue weighted by atomic mass is 9.83. The molecule has 3 heterocycles. The number of rotatable bonds is 4. The van der Waals surface area contributed by atoms with Crippen LogP contribution in [-0.2, 0) is 6.54 Å². The van der Waals surface area contributed by atoms with Crippen LogP contribution in [0.1, 0.15) is 38.9 Å². The molecule has 3 nitrogen and oxygen atoms in total. The van der Waals surface area contributed by atoms with Gasteiger partial charge in [-0.15, -0.1) is 0 Å². The summed E-state index contributed by atoms with van der Waals surface area (Å²) in [4.78, 5) is 5.35. The molecule has 0 bridgehead atoms. The molecule has 0 aromatic carbocycles. The minimum atomic E-state index is 0.775. The molecule has 0 spiro atoms. The second-order valence-electron chi connectivity index (χ2n) is 6.96. The summed E-state index contributed by atoms with van der Waals surface area (Å²) in [5.74, 6) is 2.77. The normalized spacial score (nSPS) is 28.8. The van der Waals surface area contributed by atoms with Gasteiger partial charge in [-0.25, -0.2) is 0 Å². The van der Waals surface area contributed by atoms with Gasteiger partial charge in [0, 0.05) is 19.1 Å². The van der Waals surface area contributed by atoms with E-state index in [1.807, 2.05) is 6.07 Å². The molecular weight excluding hydrogens is 248 g/mol. The quantitative estimate of drug-likeness (QED) is 0.842. The number of hydrogen-bond acceptors (Lipinski definition) is 3. The third-order valence-corrected chi connectivity index (χ3v) is 4.83. The molecule has 2 fully saturated rings. The first-order valence-corrected chi connectivity index (χ1v) is 8.21. The molecule has 3 rings (SSSR count). The van der Waals surface area contributed by atoms with Gasteiger partial charge in [0.1, 0.15) is 5.76 Å². The first-order valence-electron chi connectivity index (χ1n) is 8.21. The Hall–Kier alpha value is -0.800. The Morgan fingerprint density at radius 1 is 1.30 bits per heavy atom. The van der Waals surface area contributed by atoms with Gasteiger partial charge in [0.15, 0.2) is 0 Å². The summed E-state index contributed by atoms with van der Waals surface area (Å²) in [5, 5.41) is 0. The van der Waals surface area contributed by atoms with E-state index in [1.54, 1.807) is 6.26 Å². The third kappa shape index (κ3) is 3.26. The Labute approximate surface area is 122 Å². The van der Waals surface area contributed by atoms with Gasteiger partial charge in [-0.1, -0.05) is 13.8 Å². The van der Waals surface area contributed by atoms with Crippen LogP contribution in [0.4, 0.5) is 0 Å². The van der Waals surface area contributed by atoms with Gasteiger partial charge >= 0.3 is 0 Å². The van der Waals surface area contributed by atoms with E-state index in [9.17, 15) is 0 Å². The fourth-order valence-electron chi connectivity index (χ4n) is 4.06. The van der Waals surface area contributed by atoms with Crippen LogP contribution in [0.5, 0.6) is 0 Å². The number of piperidine rings is 2. The second kappa shape index (κ2) is 6.31. The lowest BCUT2D eigenvalue weighted by molar-refractivity contribution is 0.0116. The predicted molar refractivity (Wildman–Crippen MR) is 81.5 cm³/mol. The number of likely N-dealkylation sites (tertiary alicyclic amines) is 2. The molecule has 2 aliphatic rings. The topological polar surface area (TPSA) is 19.6 Å². The Kier molecular flexibility index (Phi) is 4.47. The number of fused-ring (bicyclic) bond motifs is 1. The van der Waals surface area contributed by atoms with E-state index < -0.39 is 0 Å². The molecular formula is C17H28N2O. The van der Waals surface area contributed by atoms with Crippen LogP contribution in [0.2, 0.25) is 0 Å². The van der Waals surface area contributed by atoms with Crippen LogP contribution >= 0.6 is 0 Å². The van der Waals surface area contributed by atoms with Gasteiger partial charge in [0.25, 0.3) is 0 Å². The number of nitrogens with zero attached hydrogens (tertiary/aromatic N) is 2. The largest absolute Gasteiger partial charge is 0.468 e. The van der Waals surface area contributed by atoms with Crippen molar-refractivity contribution in [3.63, 3.8) is 0 Å². The monoisotopic (exact) mass is 276 g/mol. The lowest BCUT2D eigenvalue weighted by Gasteiger charge is -2.47. The highest BCUT2D eigenvalue weighted by Crippen LogP contribution is 2.31. The molecule has 0 amide bonds. The van der Waals surface area contributed by atoms with Crippen LogP contribution in [0.15, 0.2) is 22.8 Å². The highest BCUT2D eigenvalue weighted by Gasteiger charge is 2.36. The van der Waals surface area contributed by atoms with Crippen molar-refractivity contribution in [2.75, 3.05) is 26.2 Å². The van der Waals surface area contributed by atoms with Crippen LogP contribution < -0.4 is 0 Å². The Morgan fingerprint density at radius 2 is 2.20 bits per heavy atom. The van der Waals surface area contributed by atoms with Crippen LogP contribution in [0.3, 0.4) is 0 Å². The van der Waals surface area contributed by atoms with Gasteiger partial charge in [-0.3, -0.25) is 4.90 Å². The molecule has 0 radical (unpaired) electrons. The van der Waals surface area contributed by atoms with Crippen molar-refractivity contribution >= 4 is 0 Å². The van der Waals surface area contributed by atoms with Gasteiger partial charge in [-0.2, -0.15) is 0 Å². The maximum absolute atomic E-state index is 5.54. The molecule has 2 saturated heterocycles. The molecule has 0 N–H and O–H groups in total. The molecule has 20 heavy (non-hydrogen) atoms. The van der Waals surface area contributed by atoms with Crippen molar-refractivity contribution in [3.8, 4) is 0 Å². The van der Waals surface area contributed by atoms with Gasteiger partial charge in [0.2, 0.25) is 0 Å². The van der Waals surface area contributed by atoms with Gasteiger partial charge in [0.05, 0.1) is 12.8 Å². The minimum Gasteiger partial charge on any atom is -0.468 e. The van der Waals surface area contributed by atoms with E-state index in [2.05, 4.69) is 29.7 Å². The van der Waals surface area contributed by atoms with E-state index in [0.29, 0.717) is 0 Å².